The maximum atomic E-state index is 11.6. The Balaban J connectivity index is 2.12. The number of hydrogen-bond acceptors (Lipinski definition) is 2. The standard InChI is InChI=1S/C19H28O2/c1-5-13-8-9-14(6-2)17(10-13)15(7-3)11-16-12-18(16)19(20)21-4/h8-10,15-16,18H,5-7,11-12H2,1-4H3. The molecule has 0 amide bonds. The van der Waals surface area contributed by atoms with E-state index in [2.05, 4.69) is 39.0 Å². The van der Waals surface area contributed by atoms with Crippen molar-refractivity contribution < 1.29 is 9.53 Å². The van der Waals surface area contributed by atoms with Crippen molar-refractivity contribution in [1.82, 2.24) is 0 Å². The maximum Gasteiger partial charge on any atom is 0.308 e. The van der Waals surface area contributed by atoms with Gasteiger partial charge in [-0.2, -0.15) is 0 Å². The van der Waals surface area contributed by atoms with Crippen LogP contribution in [0.25, 0.3) is 0 Å². The lowest BCUT2D eigenvalue weighted by molar-refractivity contribution is -0.142. The topological polar surface area (TPSA) is 26.3 Å². The molecule has 1 fully saturated rings. The van der Waals surface area contributed by atoms with Crippen molar-refractivity contribution >= 4 is 5.97 Å². The van der Waals surface area contributed by atoms with Crippen LogP contribution in [0.5, 0.6) is 0 Å². The Morgan fingerprint density at radius 2 is 2.05 bits per heavy atom. The van der Waals surface area contributed by atoms with E-state index in [4.69, 9.17) is 4.74 Å². The number of methoxy groups -OCH3 is 1. The van der Waals surface area contributed by atoms with Crippen LogP contribution in [0.2, 0.25) is 0 Å². The van der Waals surface area contributed by atoms with Crippen LogP contribution in [0.3, 0.4) is 0 Å². The summed E-state index contributed by atoms with van der Waals surface area (Å²) in [5, 5.41) is 0. The highest BCUT2D eigenvalue weighted by Crippen LogP contribution is 2.47. The number of benzene rings is 1. The van der Waals surface area contributed by atoms with E-state index in [9.17, 15) is 4.79 Å². The lowest BCUT2D eigenvalue weighted by Gasteiger charge is -2.20. The number of esters is 1. The summed E-state index contributed by atoms with van der Waals surface area (Å²) in [6.07, 6.45) is 5.45. The summed E-state index contributed by atoms with van der Waals surface area (Å²) in [7, 11) is 1.49. The molecule has 116 valence electrons. The predicted molar refractivity (Wildman–Crippen MR) is 86.5 cm³/mol. The van der Waals surface area contributed by atoms with Crippen molar-refractivity contribution in [2.45, 2.75) is 58.8 Å². The zero-order chi connectivity index (χ0) is 15.4. The van der Waals surface area contributed by atoms with Crippen LogP contribution in [-0.4, -0.2) is 13.1 Å². The minimum absolute atomic E-state index is 0.0205. The molecule has 2 rings (SSSR count). The zero-order valence-corrected chi connectivity index (χ0v) is 13.8. The number of carbonyl (C=O) groups is 1. The first-order valence-electron chi connectivity index (χ1n) is 8.33. The van der Waals surface area contributed by atoms with Gasteiger partial charge in [-0.25, -0.2) is 0 Å². The van der Waals surface area contributed by atoms with E-state index in [1.54, 1.807) is 0 Å². The molecule has 1 aromatic rings. The molecule has 1 aromatic carbocycles. The number of carbonyl (C=O) groups excluding carboxylic acids is 1. The first kappa shape index (κ1) is 16.1. The molecule has 0 bridgehead atoms. The highest BCUT2D eigenvalue weighted by molar-refractivity contribution is 5.75. The lowest BCUT2D eigenvalue weighted by atomic mass is 9.85. The Morgan fingerprint density at radius 1 is 1.29 bits per heavy atom. The molecule has 0 aromatic heterocycles. The highest BCUT2D eigenvalue weighted by Gasteiger charge is 2.44. The fourth-order valence-corrected chi connectivity index (χ4v) is 3.39. The predicted octanol–water partition coefficient (Wildman–Crippen LogP) is 4.50. The average molecular weight is 288 g/mol. The number of rotatable bonds is 7. The van der Waals surface area contributed by atoms with Crippen LogP contribution in [0.1, 0.15) is 62.6 Å². The smallest absolute Gasteiger partial charge is 0.308 e. The number of hydrogen-bond donors (Lipinski definition) is 0. The van der Waals surface area contributed by atoms with E-state index in [1.165, 1.54) is 23.8 Å². The molecule has 1 aliphatic carbocycles. The molecule has 0 radical (unpaired) electrons. The molecule has 2 nitrogen and oxygen atoms in total. The summed E-state index contributed by atoms with van der Waals surface area (Å²) in [5.41, 5.74) is 4.39. The van der Waals surface area contributed by atoms with Gasteiger partial charge in [-0.3, -0.25) is 4.79 Å². The third kappa shape index (κ3) is 3.66. The summed E-state index contributed by atoms with van der Waals surface area (Å²) in [5.74, 6) is 1.24. The van der Waals surface area contributed by atoms with Crippen molar-refractivity contribution in [3.63, 3.8) is 0 Å². The van der Waals surface area contributed by atoms with Gasteiger partial charge in [0.05, 0.1) is 13.0 Å². The molecule has 0 aliphatic heterocycles. The van der Waals surface area contributed by atoms with Crippen LogP contribution in [0.4, 0.5) is 0 Å². The zero-order valence-electron chi connectivity index (χ0n) is 13.8. The van der Waals surface area contributed by atoms with E-state index >= 15 is 0 Å². The van der Waals surface area contributed by atoms with E-state index in [0.29, 0.717) is 11.8 Å². The first-order chi connectivity index (χ1) is 10.1. The normalized spacial score (nSPS) is 21.9. The van der Waals surface area contributed by atoms with Crippen LogP contribution >= 0.6 is 0 Å². The van der Waals surface area contributed by atoms with Crippen LogP contribution in [0, 0.1) is 11.8 Å². The van der Waals surface area contributed by atoms with Crippen molar-refractivity contribution in [1.29, 1.82) is 0 Å². The Morgan fingerprint density at radius 3 is 2.62 bits per heavy atom. The van der Waals surface area contributed by atoms with Gasteiger partial charge in [-0.1, -0.05) is 39.0 Å². The first-order valence-corrected chi connectivity index (χ1v) is 8.33. The Labute approximate surface area is 128 Å². The Bertz CT molecular complexity index is 492. The van der Waals surface area contributed by atoms with Crippen molar-refractivity contribution in [3.05, 3.63) is 34.9 Å². The minimum atomic E-state index is -0.0205. The van der Waals surface area contributed by atoms with Gasteiger partial charge >= 0.3 is 5.97 Å². The van der Waals surface area contributed by atoms with Crippen LogP contribution < -0.4 is 0 Å². The SMILES string of the molecule is CCc1ccc(CC)c(C(CC)CC2CC2C(=O)OC)c1. The fraction of sp³-hybridized carbons (Fsp3) is 0.632. The molecule has 0 N–H and O–H groups in total. The third-order valence-corrected chi connectivity index (χ3v) is 4.95. The van der Waals surface area contributed by atoms with Gasteiger partial charge in [0.25, 0.3) is 0 Å². The number of ether oxygens (including phenoxy) is 1. The molecule has 21 heavy (non-hydrogen) atoms. The van der Waals surface area contributed by atoms with E-state index < -0.39 is 0 Å². The Hall–Kier alpha value is -1.31. The molecule has 0 saturated heterocycles. The molecule has 0 heterocycles. The van der Waals surface area contributed by atoms with Gasteiger partial charge in [0.2, 0.25) is 0 Å². The monoisotopic (exact) mass is 288 g/mol. The second-order valence-corrected chi connectivity index (χ2v) is 6.21. The second-order valence-electron chi connectivity index (χ2n) is 6.21. The van der Waals surface area contributed by atoms with Crippen LogP contribution in [-0.2, 0) is 22.4 Å². The van der Waals surface area contributed by atoms with Gasteiger partial charge in [0.1, 0.15) is 0 Å². The largest absolute Gasteiger partial charge is 0.469 e. The summed E-state index contributed by atoms with van der Waals surface area (Å²) in [4.78, 5) is 11.6. The lowest BCUT2D eigenvalue weighted by Crippen LogP contribution is -2.08. The van der Waals surface area contributed by atoms with E-state index in [0.717, 1.165) is 32.1 Å². The number of aryl methyl sites for hydroxylation is 2. The molecule has 1 saturated carbocycles. The van der Waals surface area contributed by atoms with Crippen LogP contribution in [0.15, 0.2) is 18.2 Å². The Kier molecular flexibility index (Phi) is 5.44. The summed E-state index contributed by atoms with van der Waals surface area (Å²) >= 11 is 0. The minimum Gasteiger partial charge on any atom is -0.469 e. The molecular formula is C19H28O2. The van der Waals surface area contributed by atoms with Gasteiger partial charge in [0, 0.05) is 0 Å². The van der Waals surface area contributed by atoms with Crippen molar-refractivity contribution in [2.24, 2.45) is 11.8 Å². The van der Waals surface area contributed by atoms with E-state index in [-0.39, 0.29) is 11.9 Å². The van der Waals surface area contributed by atoms with Gasteiger partial charge in [-0.15, -0.1) is 0 Å². The average Bonchev–Trinajstić information content (AvgIpc) is 3.30. The highest BCUT2D eigenvalue weighted by atomic mass is 16.5. The molecule has 3 unspecified atom stereocenters. The van der Waals surface area contributed by atoms with Crippen molar-refractivity contribution in [3.8, 4) is 0 Å². The van der Waals surface area contributed by atoms with E-state index in [1.807, 2.05) is 0 Å². The second kappa shape index (κ2) is 7.11. The molecule has 3 atom stereocenters. The summed E-state index contributed by atoms with van der Waals surface area (Å²) in [6.45, 7) is 6.70. The maximum absolute atomic E-state index is 11.6. The fourth-order valence-electron chi connectivity index (χ4n) is 3.39. The molecule has 0 spiro atoms. The molecule has 1 aliphatic rings. The molecule has 2 heteroatoms. The van der Waals surface area contributed by atoms with Crippen molar-refractivity contribution in [2.75, 3.05) is 7.11 Å². The third-order valence-electron chi connectivity index (χ3n) is 4.95. The summed E-state index contributed by atoms with van der Waals surface area (Å²) in [6, 6.07) is 6.94. The quantitative estimate of drug-likeness (QED) is 0.690. The summed E-state index contributed by atoms with van der Waals surface area (Å²) < 4.78 is 4.87. The van der Waals surface area contributed by atoms with Gasteiger partial charge in [-0.05, 0) is 60.6 Å². The molecular weight excluding hydrogens is 260 g/mol. The van der Waals surface area contributed by atoms with Gasteiger partial charge in [0.15, 0.2) is 0 Å². The van der Waals surface area contributed by atoms with Gasteiger partial charge < -0.3 is 4.74 Å².